The number of hydrogen-bond acceptors (Lipinski definition) is 6. The lowest BCUT2D eigenvalue weighted by Gasteiger charge is -2.23. The minimum Gasteiger partial charge on any atom is -0.496 e. The second-order valence-corrected chi connectivity index (χ2v) is 9.41. The topological polar surface area (TPSA) is 127 Å². The van der Waals surface area contributed by atoms with Gasteiger partial charge in [-0.25, -0.2) is 0 Å². The number of para-hydroxylation sites is 2. The van der Waals surface area contributed by atoms with Gasteiger partial charge in [-0.15, -0.1) is 0 Å². The van der Waals surface area contributed by atoms with Crippen molar-refractivity contribution in [1.82, 2.24) is 10.3 Å². The van der Waals surface area contributed by atoms with E-state index < -0.39 is 12.0 Å². The number of benzene rings is 3. The van der Waals surface area contributed by atoms with Crippen LogP contribution in [-0.2, 0) is 22.4 Å². The number of ketones is 1. The van der Waals surface area contributed by atoms with Gasteiger partial charge in [0.05, 0.1) is 13.0 Å². The van der Waals surface area contributed by atoms with Crippen LogP contribution in [0.5, 0.6) is 11.5 Å². The van der Waals surface area contributed by atoms with Gasteiger partial charge in [0.15, 0.2) is 5.78 Å². The van der Waals surface area contributed by atoms with Gasteiger partial charge in [0, 0.05) is 42.7 Å². The van der Waals surface area contributed by atoms with Gasteiger partial charge in [0.25, 0.3) is 0 Å². The first kappa shape index (κ1) is 27.9. The minimum atomic E-state index is -0.701. The predicted molar refractivity (Wildman–Crippen MR) is 151 cm³/mol. The van der Waals surface area contributed by atoms with Gasteiger partial charge >= 0.3 is 0 Å². The number of aliphatic hydroxyl groups excluding tert-OH is 1. The molecule has 0 radical (unpaired) electrons. The maximum absolute atomic E-state index is 13.4. The van der Waals surface area contributed by atoms with Crippen LogP contribution in [0.4, 0.5) is 0 Å². The Kier molecular flexibility index (Phi) is 9.72. The van der Waals surface area contributed by atoms with Crippen molar-refractivity contribution in [3.63, 3.8) is 0 Å². The molecule has 4 rings (SSSR count). The summed E-state index contributed by atoms with van der Waals surface area (Å²) in [6, 6.07) is 21.9. The molecule has 8 nitrogen and oxygen atoms in total. The van der Waals surface area contributed by atoms with Gasteiger partial charge in [-0.2, -0.15) is 0 Å². The van der Waals surface area contributed by atoms with E-state index in [4.69, 9.17) is 20.3 Å². The number of aryl methyl sites for hydroxylation is 1. The highest BCUT2D eigenvalue weighted by molar-refractivity contribution is 5.88. The number of aromatic amines is 1. The first-order valence-corrected chi connectivity index (χ1v) is 13.1. The van der Waals surface area contributed by atoms with Gasteiger partial charge in [-0.05, 0) is 53.8 Å². The van der Waals surface area contributed by atoms with Crippen LogP contribution >= 0.6 is 0 Å². The Labute approximate surface area is 228 Å². The van der Waals surface area contributed by atoms with E-state index in [1.807, 2.05) is 66.9 Å². The predicted octanol–water partition coefficient (Wildman–Crippen LogP) is 3.72. The number of Topliss-reactive ketones (excluding diaryl/α,β-unsaturated/α-hetero) is 1. The summed E-state index contributed by atoms with van der Waals surface area (Å²) in [6.45, 7) is -0.0308. The number of aliphatic hydroxyl groups is 1. The Morgan fingerprint density at radius 3 is 2.51 bits per heavy atom. The Balaban J connectivity index is 1.44. The summed E-state index contributed by atoms with van der Waals surface area (Å²) in [7, 11) is 1.60. The molecule has 3 aromatic carbocycles. The van der Waals surface area contributed by atoms with Gasteiger partial charge in [0.1, 0.15) is 18.1 Å². The quantitative estimate of drug-likeness (QED) is 0.197. The van der Waals surface area contributed by atoms with Gasteiger partial charge < -0.3 is 30.6 Å². The monoisotopic (exact) mass is 529 g/mol. The Bertz CT molecular complexity index is 1380. The third-order valence-electron chi connectivity index (χ3n) is 6.87. The third kappa shape index (κ3) is 7.25. The van der Waals surface area contributed by atoms with Crippen molar-refractivity contribution < 1.29 is 24.2 Å². The molecule has 2 unspecified atom stereocenters. The second kappa shape index (κ2) is 13.6. The maximum Gasteiger partial charge on any atom is 0.220 e. The van der Waals surface area contributed by atoms with Crippen molar-refractivity contribution in [1.29, 1.82) is 0 Å². The van der Waals surface area contributed by atoms with Crippen LogP contribution in [0.1, 0.15) is 29.2 Å². The molecule has 0 aliphatic carbocycles. The molecule has 0 spiro atoms. The normalized spacial score (nSPS) is 12.6. The van der Waals surface area contributed by atoms with Crippen LogP contribution in [-0.4, -0.2) is 48.6 Å². The number of carbonyl (C=O) groups is 2. The number of rotatable bonds is 14. The van der Waals surface area contributed by atoms with Crippen LogP contribution in [0, 0.1) is 5.92 Å². The molecule has 39 heavy (non-hydrogen) atoms. The lowest BCUT2D eigenvalue weighted by Crippen LogP contribution is -2.40. The minimum absolute atomic E-state index is 0.0662. The molecule has 5 N–H and O–H groups in total. The number of ether oxygens (including phenoxy) is 2. The van der Waals surface area contributed by atoms with E-state index in [1.54, 1.807) is 19.2 Å². The van der Waals surface area contributed by atoms with Crippen molar-refractivity contribution in [2.75, 3.05) is 26.9 Å². The second-order valence-electron chi connectivity index (χ2n) is 9.41. The van der Waals surface area contributed by atoms with Crippen molar-refractivity contribution in [3.8, 4) is 11.5 Å². The highest BCUT2D eigenvalue weighted by Crippen LogP contribution is 2.28. The maximum atomic E-state index is 13.4. The highest BCUT2D eigenvalue weighted by atomic mass is 16.5. The SMILES string of the molecule is COc1ccccc1CCC(=O)NCC(C(=O)COc1ccc(CCO)cc1)C(N)c1c[nH]c2ccccc12. The number of fused-ring (bicyclic) bond motifs is 1. The smallest absolute Gasteiger partial charge is 0.220 e. The Morgan fingerprint density at radius 2 is 1.74 bits per heavy atom. The molecule has 204 valence electrons. The van der Waals surface area contributed by atoms with E-state index in [9.17, 15) is 9.59 Å². The van der Waals surface area contributed by atoms with E-state index in [2.05, 4.69) is 10.3 Å². The van der Waals surface area contributed by atoms with E-state index in [0.29, 0.717) is 18.6 Å². The number of methoxy groups -OCH3 is 1. The third-order valence-corrected chi connectivity index (χ3v) is 6.87. The molecular formula is C31H35N3O5. The molecule has 0 aliphatic rings. The molecule has 2 atom stereocenters. The summed E-state index contributed by atoms with van der Waals surface area (Å²) >= 11 is 0. The number of aromatic nitrogens is 1. The van der Waals surface area contributed by atoms with E-state index in [0.717, 1.165) is 33.3 Å². The molecule has 0 saturated carbocycles. The highest BCUT2D eigenvalue weighted by Gasteiger charge is 2.29. The zero-order valence-electron chi connectivity index (χ0n) is 22.1. The fraction of sp³-hybridized carbons (Fsp3) is 0.290. The summed E-state index contributed by atoms with van der Waals surface area (Å²) in [5.74, 6) is 0.196. The molecular weight excluding hydrogens is 494 g/mol. The van der Waals surface area contributed by atoms with Crippen molar-refractivity contribution in [2.24, 2.45) is 11.7 Å². The molecule has 1 aromatic heterocycles. The molecule has 1 amide bonds. The fourth-order valence-corrected chi connectivity index (χ4v) is 4.64. The summed E-state index contributed by atoms with van der Waals surface area (Å²) in [4.78, 5) is 29.4. The fourth-order valence-electron chi connectivity index (χ4n) is 4.64. The zero-order chi connectivity index (χ0) is 27.6. The van der Waals surface area contributed by atoms with Crippen LogP contribution in [0.25, 0.3) is 10.9 Å². The molecule has 0 fully saturated rings. The number of hydrogen-bond donors (Lipinski definition) is 4. The van der Waals surface area contributed by atoms with E-state index in [-0.39, 0.29) is 37.9 Å². The van der Waals surface area contributed by atoms with Crippen LogP contribution in [0.3, 0.4) is 0 Å². The molecule has 8 heteroatoms. The molecule has 0 saturated heterocycles. The van der Waals surface area contributed by atoms with Gasteiger partial charge in [0.2, 0.25) is 5.91 Å². The molecule has 0 bridgehead atoms. The molecule has 1 heterocycles. The Hall–Kier alpha value is -4.14. The average molecular weight is 530 g/mol. The lowest BCUT2D eigenvalue weighted by atomic mass is 9.90. The number of amides is 1. The standard InChI is InChI=1S/C31H35N3O5/c1-38-29-9-5-2-6-22(29)12-15-30(37)34-19-26(31(32)25-18-33-27-8-4-3-7-24(25)27)28(36)20-39-23-13-10-21(11-14-23)16-17-35/h2-11,13-14,18,26,31,33,35H,12,15-17,19-20,32H2,1H3,(H,34,37). The largest absolute Gasteiger partial charge is 0.496 e. The summed E-state index contributed by atoms with van der Waals surface area (Å²) in [5, 5.41) is 12.9. The molecule has 0 aliphatic heterocycles. The lowest BCUT2D eigenvalue weighted by molar-refractivity contribution is -0.126. The summed E-state index contributed by atoms with van der Waals surface area (Å²) in [5.41, 5.74) is 10.3. The summed E-state index contributed by atoms with van der Waals surface area (Å²) in [6.07, 6.45) is 3.13. The van der Waals surface area contributed by atoms with E-state index in [1.165, 1.54) is 0 Å². The van der Waals surface area contributed by atoms with Crippen molar-refractivity contribution in [3.05, 3.63) is 95.7 Å². The number of nitrogens with two attached hydrogens (primary N) is 1. The van der Waals surface area contributed by atoms with Crippen LogP contribution < -0.4 is 20.5 Å². The van der Waals surface area contributed by atoms with Crippen molar-refractivity contribution in [2.45, 2.75) is 25.3 Å². The van der Waals surface area contributed by atoms with Crippen molar-refractivity contribution >= 4 is 22.6 Å². The number of nitrogens with one attached hydrogen (secondary N) is 2. The molecule has 4 aromatic rings. The number of carbonyl (C=O) groups excluding carboxylic acids is 2. The first-order chi connectivity index (χ1) is 19.0. The van der Waals surface area contributed by atoms with Gasteiger partial charge in [-0.1, -0.05) is 48.5 Å². The Morgan fingerprint density at radius 1 is 1.00 bits per heavy atom. The number of H-pyrrole nitrogens is 1. The van der Waals surface area contributed by atoms with Crippen LogP contribution in [0.2, 0.25) is 0 Å². The average Bonchev–Trinajstić information content (AvgIpc) is 3.40. The van der Waals surface area contributed by atoms with E-state index >= 15 is 0 Å². The van der Waals surface area contributed by atoms with Crippen LogP contribution in [0.15, 0.2) is 79.0 Å². The van der Waals surface area contributed by atoms with Gasteiger partial charge in [-0.3, -0.25) is 9.59 Å². The zero-order valence-corrected chi connectivity index (χ0v) is 22.1. The summed E-state index contributed by atoms with van der Waals surface area (Å²) < 4.78 is 11.1. The first-order valence-electron chi connectivity index (χ1n) is 13.1.